The van der Waals surface area contributed by atoms with Crippen LogP contribution in [-0.4, -0.2) is 34.8 Å². The van der Waals surface area contributed by atoms with Gasteiger partial charge in [0.25, 0.3) is 0 Å². The Bertz CT molecular complexity index is 914. The summed E-state index contributed by atoms with van der Waals surface area (Å²) in [5.74, 6) is 1.37. The Morgan fingerprint density at radius 2 is 1.96 bits per heavy atom. The summed E-state index contributed by atoms with van der Waals surface area (Å²) in [6.45, 7) is -2.05. The average Bonchev–Trinajstić information content (AvgIpc) is 3.24. The number of ether oxygens (including phenoxy) is 1. The second-order valence-corrected chi connectivity index (χ2v) is 5.80. The van der Waals surface area contributed by atoms with Crippen molar-refractivity contribution in [3.8, 4) is 17.1 Å². The van der Waals surface area contributed by atoms with E-state index in [4.69, 9.17) is 0 Å². The predicted molar refractivity (Wildman–Crippen MR) is 102 cm³/mol. The zero-order valence-corrected chi connectivity index (χ0v) is 15.2. The van der Waals surface area contributed by atoms with Crippen LogP contribution in [0.1, 0.15) is 11.1 Å². The molecule has 0 bridgehead atoms. The summed E-state index contributed by atoms with van der Waals surface area (Å²) in [7, 11) is 1.64. The molecule has 3 N–H and O–H groups in total. The summed E-state index contributed by atoms with van der Waals surface area (Å²) in [4.78, 5) is 8.30. The van der Waals surface area contributed by atoms with Crippen LogP contribution in [-0.2, 0) is 13.1 Å². The van der Waals surface area contributed by atoms with Crippen LogP contribution in [0.2, 0.25) is 0 Å². The Balaban J connectivity index is 1.58. The second kappa shape index (κ2) is 9.45. The Labute approximate surface area is 160 Å². The number of nitrogens with one attached hydrogen (secondary N) is 3. The summed E-state index contributed by atoms with van der Waals surface area (Å²) >= 11 is 0. The molecule has 146 valence electrons. The van der Waals surface area contributed by atoms with Crippen LogP contribution in [0.25, 0.3) is 11.4 Å². The number of nitrogens with zero attached hydrogens (tertiary/aromatic N) is 3. The van der Waals surface area contributed by atoms with Crippen LogP contribution in [0.3, 0.4) is 0 Å². The lowest BCUT2D eigenvalue weighted by molar-refractivity contribution is -0.0504. The fourth-order valence-electron chi connectivity index (χ4n) is 2.62. The second-order valence-electron chi connectivity index (χ2n) is 5.80. The van der Waals surface area contributed by atoms with Gasteiger partial charge >= 0.3 is 6.61 Å². The van der Waals surface area contributed by atoms with E-state index in [-0.39, 0.29) is 5.75 Å². The van der Waals surface area contributed by atoms with Gasteiger partial charge in [-0.05, 0) is 17.7 Å². The SMILES string of the molecule is CN=C(NCc1cccc(-c2ncn[nH]2)c1)NCc1ccccc1OC(F)F. The number of alkyl halides is 2. The Hall–Kier alpha value is -3.49. The number of aromatic amines is 1. The highest BCUT2D eigenvalue weighted by Crippen LogP contribution is 2.20. The number of benzene rings is 2. The highest BCUT2D eigenvalue weighted by molar-refractivity contribution is 5.79. The summed E-state index contributed by atoms with van der Waals surface area (Å²) in [5, 5.41) is 13.0. The van der Waals surface area contributed by atoms with Crippen molar-refractivity contribution in [2.45, 2.75) is 19.7 Å². The van der Waals surface area contributed by atoms with Crippen molar-refractivity contribution in [1.29, 1.82) is 0 Å². The molecule has 1 heterocycles. The molecule has 1 aromatic heterocycles. The maximum absolute atomic E-state index is 12.5. The molecule has 0 fully saturated rings. The van der Waals surface area contributed by atoms with Crippen LogP contribution < -0.4 is 15.4 Å². The van der Waals surface area contributed by atoms with Crippen molar-refractivity contribution in [3.05, 3.63) is 66.0 Å². The fraction of sp³-hybridized carbons (Fsp3) is 0.211. The minimum absolute atomic E-state index is 0.139. The molecule has 0 radical (unpaired) electrons. The summed E-state index contributed by atoms with van der Waals surface area (Å²) < 4.78 is 29.6. The molecule has 2 aromatic carbocycles. The molecule has 9 heteroatoms. The van der Waals surface area contributed by atoms with Gasteiger partial charge in [-0.3, -0.25) is 10.1 Å². The van der Waals surface area contributed by atoms with Gasteiger partial charge in [0.05, 0.1) is 0 Å². The van der Waals surface area contributed by atoms with Crippen molar-refractivity contribution >= 4 is 5.96 Å². The van der Waals surface area contributed by atoms with Gasteiger partial charge in [0.15, 0.2) is 11.8 Å². The van der Waals surface area contributed by atoms with Crippen LogP contribution in [0.4, 0.5) is 8.78 Å². The number of para-hydroxylation sites is 1. The normalized spacial score (nSPS) is 11.5. The Kier molecular flexibility index (Phi) is 6.50. The largest absolute Gasteiger partial charge is 0.434 e. The van der Waals surface area contributed by atoms with Crippen molar-refractivity contribution < 1.29 is 13.5 Å². The molecule has 0 unspecified atom stereocenters. The molecule has 7 nitrogen and oxygen atoms in total. The summed E-state index contributed by atoms with van der Waals surface area (Å²) in [6.07, 6.45) is 1.46. The van der Waals surface area contributed by atoms with E-state index in [1.54, 1.807) is 25.2 Å². The van der Waals surface area contributed by atoms with Gasteiger partial charge in [-0.1, -0.05) is 36.4 Å². The van der Waals surface area contributed by atoms with Gasteiger partial charge in [0, 0.05) is 31.3 Å². The number of halogens is 2. The molecule has 3 aromatic rings. The quantitative estimate of drug-likeness (QED) is 0.429. The van der Waals surface area contributed by atoms with E-state index in [2.05, 4.69) is 35.5 Å². The van der Waals surface area contributed by atoms with E-state index in [9.17, 15) is 8.78 Å². The number of aliphatic imine (C=N–C) groups is 1. The number of hydrogen-bond acceptors (Lipinski definition) is 4. The van der Waals surface area contributed by atoms with Gasteiger partial charge in [0.2, 0.25) is 0 Å². The summed E-state index contributed by atoms with van der Waals surface area (Å²) in [6, 6.07) is 14.5. The maximum atomic E-state index is 12.5. The van der Waals surface area contributed by atoms with Crippen LogP contribution in [0.5, 0.6) is 5.75 Å². The standard InChI is InChI=1S/C19H20F2N6O/c1-22-19(24-11-15-6-2-3-8-16(15)28-18(20)21)23-10-13-5-4-7-14(9-13)17-25-12-26-27-17/h2-9,12,18H,10-11H2,1H3,(H2,22,23,24)(H,25,26,27). The maximum Gasteiger partial charge on any atom is 0.387 e. The average molecular weight is 386 g/mol. The monoisotopic (exact) mass is 386 g/mol. The molecule has 0 aliphatic carbocycles. The predicted octanol–water partition coefficient (Wildman–Crippen LogP) is 2.94. The lowest BCUT2D eigenvalue weighted by Gasteiger charge is -2.14. The van der Waals surface area contributed by atoms with E-state index in [0.29, 0.717) is 30.4 Å². The van der Waals surface area contributed by atoms with Crippen LogP contribution >= 0.6 is 0 Å². The minimum atomic E-state index is -2.87. The van der Waals surface area contributed by atoms with Crippen molar-refractivity contribution in [1.82, 2.24) is 25.8 Å². The van der Waals surface area contributed by atoms with Crippen molar-refractivity contribution in [2.24, 2.45) is 4.99 Å². The molecule has 0 aliphatic rings. The van der Waals surface area contributed by atoms with Crippen LogP contribution in [0.15, 0.2) is 59.9 Å². The smallest absolute Gasteiger partial charge is 0.387 e. The van der Waals surface area contributed by atoms with E-state index >= 15 is 0 Å². The number of hydrogen-bond donors (Lipinski definition) is 3. The number of rotatable bonds is 7. The minimum Gasteiger partial charge on any atom is -0.434 e. The van der Waals surface area contributed by atoms with E-state index in [0.717, 1.165) is 11.1 Å². The van der Waals surface area contributed by atoms with E-state index < -0.39 is 6.61 Å². The topological polar surface area (TPSA) is 87.2 Å². The molecule has 3 rings (SSSR count). The Morgan fingerprint density at radius 1 is 1.14 bits per heavy atom. The number of guanidine groups is 1. The molecule has 0 saturated carbocycles. The fourth-order valence-corrected chi connectivity index (χ4v) is 2.62. The zero-order chi connectivity index (χ0) is 19.8. The third-order valence-electron chi connectivity index (χ3n) is 3.93. The first kappa shape index (κ1) is 19.3. The van der Waals surface area contributed by atoms with Gasteiger partial charge < -0.3 is 15.4 Å². The van der Waals surface area contributed by atoms with Crippen molar-refractivity contribution in [2.75, 3.05) is 7.05 Å². The van der Waals surface area contributed by atoms with E-state index in [1.807, 2.05) is 24.3 Å². The van der Waals surface area contributed by atoms with Gasteiger partial charge in [-0.2, -0.15) is 13.9 Å². The number of aromatic nitrogens is 3. The van der Waals surface area contributed by atoms with Gasteiger partial charge in [0.1, 0.15) is 12.1 Å². The zero-order valence-electron chi connectivity index (χ0n) is 15.2. The molecule has 28 heavy (non-hydrogen) atoms. The first-order valence-corrected chi connectivity index (χ1v) is 8.57. The number of H-pyrrole nitrogens is 1. The first-order valence-electron chi connectivity index (χ1n) is 8.57. The molecule has 0 spiro atoms. The molecule has 0 atom stereocenters. The third-order valence-corrected chi connectivity index (χ3v) is 3.93. The Morgan fingerprint density at radius 3 is 2.71 bits per heavy atom. The summed E-state index contributed by atoms with van der Waals surface area (Å²) in [5.41, 5.74) is 2.56. The lowest BCUT2D eigenvalue weighted by Crippen LogP contribution is -2.36. The van der Waals surface area contributed by atoms with Crippen LogP contribution in [0, 0.1) is 0 Å². The lowest BCUT2D eigenvalue weighted by atomic mass is 10.1. The molecular weight excluding hydrogens is 366 g/mol. The molecular formula is C19H20F2N6O. The van der Waals surface area contributed by atoms with Crippen molar-refractivity contribution in [3.63, 3.8) is 0 Å². The first-order chi connectivity index (χ1) is 13.7. The molecule has 0 amide bonds. The molecule has 0 aliphatic heterocycles. The molecule has 0 saturated heterocycles. The highest BCUT2D eigenvalue weighted by atomic mass is 19.3. The third kappa shape index (κ3) is 5.26. The highest BCUT2D eigenvalue weighted by Gasteiger charge is 2.09. The van der Waals surface area contributed by atoms with E-state index in [1.165, 1.54) is 12.4 Å². The van der Waals surface area contributed by atoms with Gasteiger partial charge in [-0.15, -0.1) is 0 Å². The van der Waals surface area contributed by atoms with Gasteiger partial charge in [-0.25, -0.2) is 4.98 Å².